The largest absolute Gasteiger partial charge is 0.361 e. The molecular weight excluding hydrogens is 262 g/mol. The van der Waals surface area contributed by atoms with E-state index in [1.165, 1.54) is 6.07 Å². The number of fused-ring (bicyclic) bond motifs is 1. The molecule has 2 heterocycles. The maximum atomic E-state index is 13.1. The van der Waals surface area contributed by atoms with Crippen LogP contribution in [-0.4, -0.2) is 10.1 Å². The van der Waals surface area contributed by atoms with E-state index in [4.69, 9.17) is 4.52 Å². The number of hydrogen-bond acceptors (Lipinski definition) is 3. The van der Waals surface area contributed by atoms with Crippen molar-refractivity contribution in [3.8, 4) is 0 Å². The molecule has 0 amide bonds. The SMILES string of the molecule is CC1(C)CC(c2ncccc2C(F)F)Cc2cnoc21. The van der Waals surface area contributed by atoms with E-state index in [1.54, 1.807) is 18.5 Å². The van der Waals surface area contributed by atoms with Gasteiger partial charge in [-0.05, 0) is 25.0 Å². The summed E-state index contributed by atoms with van der Waals surface area (Å²) in [4.78, 5) is 4.22. The molecule has 0 aromatic carbocycles. The lowest BCUT2D eigenvalue weighted by Crippen LogP contribution is -2.28. The van der Waals surface area contributed by atoms with Crippen LogP contribution in [0.25, 0.3) is 0 Å². The Labute approximate surface area is 116 Å². The quantitative estimate of drug-likeness (QED) is 0.833. The molecule has 0 fully saturated rings. The first-order chi connectivity index (χ1) is 9.49. The third-order valence-corrected chi connectivity index (χ3v) is 3.97. The van der Waals surface area contributed by atoms with Crippen LogP contribution in [0.4, 0.5) is 8.78 Å². The van der Waals surface area contributed by atoms with Crippen molar-refractivity contribution in [3.05, 3.63) is 47.1 Å². The lowest BCUT2D eigenvalue weighted by molar-refractivity contribution is 0.148. The van der Waals surface area contributed by atoms with Gasteiger partial charge in [-0.15, -0.1) is 0 Å². The summed E-state index contributed by atoms with van der Waals surface area (Å²) in [7, 11) is 0. The number of halogens is 2. The molecule has 0 N–H and O–H groups in total. The van der Waals surface area contributed by atoms with Crippen LogP contribution in [0.2, 0.25) is 0 Å². The summed E-state index contributed by atoms with van der Waals surface area (Å²) in [5.41, 5.74) is 1.32. The Morgan fingerprint density at radius 1 is 1.40 bits per heavy atom. The zero-order chi connectivity index (χ0) is 14.3. The smallest absolute Gasteiger partial charge is 0.265 e. The summed E-state index contributed by atoms with van der Waals surface area (Å²) in [5.74, 6) is 0.838. The van der Waals surface area contributed by atoms with Gasteiger partial charge in [-0.1, -0.05) is 19.0 Å². The van der Waals surface area contributed by atoms with Gasteiger partial charge in [-0.25, -0.2) is 8.78 Å². The monoisotopic (exact) mass is 278 g/mol. The summed E-state index contributed by atoms with van der Waals surface area (Å²) in [6.07, 6.45) is 2.15. The Hall–Kier alpha value is -1.78. The first kappa shape index (κ1) is 13.2. The highest BCUT2D eigenvalue weighted by atomic mass is 19.3. The fraction of sp³-hybridized carbons (Fsp3) is 0.467. The Kier molecular flexibility index (Phi) is 3.07. The third-order valence-electron chi connectivity index (χ3n) is 3.97. The topological polar surface area (TPSA) is 38.9 Å². The second-order valence-corrected chi connectivity index (χ2v) is 5.95. The van der Waals surface area contributed by atoms with Gasteiger partial charge in [0.05, 0.1) is 11.9 Å². The minimum atomic E-state index is -2.49. The molecule has 2 aromatic heterocycles. The van der Waals surface area contributed by atoms with Crippen LogP contribution in [0.3, 0.4) is 0 Å². The molecule has 3 rings (SSSR count). The second kappa shape index (κ2) is 4.65. The van der Waals surface area contributed by atoms with Crippen molar-refractivity contribution in [1.29, 1.82) is 0 Å². The number of hydrogen-bond donors (Lipinski definition) is 0. The van der Waals surface area contributed by atoms with Gasteiger partial charge >= 0.3 is 0 Å². The first-order valence-corrected chi connectivity index (χ1v) is 6.66. The molecule has 0 spiro atoms. The molecule has 1 aliphatic rings. The summed E-state index contributed by atoms with van der Waals surface area (Å²) in [6.45, 7) is 4.10. The zero-order valence-corrected chi connectivity index (χ0v) is 11.4. The zero-order valence-electron chi connectivity index (χ0n) is 11.4. The molecule has 0 saturated heterocycles. The Morgan fingerprint density at radius 3 is 2.95 bits per heavy atom. The van der Waals surface area contributed by atoms with Gasteiger partial charge < -0.3 is 4.52 Å². The molecule has 20 heavy (non-hydrogen) atoms. The van der Waals surface area contributed by atoms with Gasteiger partial charge in [0.25, 0.3) is 6.43 Å². The predicted octanol–water partition coefficient (Wildman–Crippen LogP) is 4.01. The van der Waals surface area contributed by atoms with E-state index in [1.807, 2.05) is 13.8 Å². The highest BCUT2D eigenvalue weighted by molar-refractivity contribution is 5.33. The lowest BCUT2D eigenvalue weighted by Gasteiger charge is -2.33. The summed E-state index contributed by atoms with van der Waals surface area (Å²) < 4.78 is 31.6. The van der Waals surface area contributed by atoms with Crippen LogP contribution < -0.4 is 0 Å². The maximum Gasteiger partial charge on any atom is 0.265 e. The number of nitrogens with zero attached hydrogens (tertiary/aromatic N) is 2. The lowest BCUT2D eigenvalue weighted by atomic mass is 9.70. The van der Waals surface area contributed by atoms with E-state index in [0.29, 0.717) is 12.1 Å². The van der Waals surface area contributed by atoms with E-state index >= 15 is 0 Å². The van der Waals surface area contributed by atoms with E-state index in [-0.39, 0.29) is 16.9 Å². The Balaban J connectivity index is 2.02. The number of alkyl halides is 2. The van der Waals surface area contributed by atoms with E-state index in [0.717, 1.165) is 17.7 Å². The predicted molar refractivity (Wildman–Crippen MR) is 69.8 cm³/mol. The highest BCUT2D eigenvalue weighted by Crippen LogP contribution is 2.44. The standard InChI is InChI=1S/C15H16F2N2O/c1-15(2)7-9(6-10-8-19-20-13(10)15)12-11(14(16)17)4-3-5-18-12/h3-5,8-9,14H,6-7H2,1-2H3. The van der Waals surface area contributed by atoms with Crippen molar-refractivity contribution in [1.82, 2.24) is 10.1 Å². The maximum absolute atomic E-state index is 13.1. The van der Waals surface area contributed by atoms with Crippen molar-refractivity contribution < 1.29 is 13.3 Å². The van der Waals surface area contributed by atoms with Crippen molar-refractivity contribution in [3.63, 3.8) is 0 Å². The molecule has 1 aliphatic carbocycles. The molecule has 0 aliphatic heterocycles. The first-order valence-electron chi connectivity index (χ1n) is 6.66. The van der Waals surface area contributed by atoms with Crippen LogP contribution in [0, 0.1) is 0 Å². The highest BCUT2D eigenvalue weighted by Gasteiger charge is 2.38. The summed E-state index contributed by atoms with van der Waals surface area (Å²) >= 11 is 0. The fourth-order valence-corrected chi connectivity index (χ4v) is 3.16. The Morgan fingerprint density at radius 2 is 2.20 bits per heavy atom. The second-order valence-electron chi connectivity index (χ2n) is 5.95. The number of rotatable bonds is 2. The minimum absolute atomic E-state index is 0.0258. The number of pyridine rings is 1. The molecule has 0 saturated carbocycles. The van der Waals surface area contributed by atoms with Crippen LogP contribution in [-0.2, 0) is 11.8 Å². The van der Waals surface area contributed by atoms with E-state index in [2.05, 4.69) is 10.1 Å². The molecule has 3 nitrogen and oxygen atoms in total. The normalized spacial score (nSPS) is 20.9. The molecule has 2 aromatic rings. The molecule has 0 radical (unpaired) electrons. The Bertz CT molecular complexity index is 622. The van der Waals surface area contributed by atoms with Gasteiger partial charge in [-0.2, -0.15) is 0 Å². The minimum Gasteiger partial charge on any atom is -0.361 e. The average molecular weight is 278 g/mol. The molecule has 1 atom stereocenters. The van der Waals surface area contributed by atoms with Crippen LogP contribution in [0.5, 0.6) is 0 Å². The van der Waals surface area contributed by atoms with Crippen molar-refractivity contribution >= 4 is 0 Å². The molecule has 106 valence electrons. The van der Waals surface area contributed by atoms with Crippen LogP contribution in [0.1, 0.15) is 55.2 Å². The third kappa shape index (κ3) is 2.11. The van der Waals surface area contributed by atoms with Gasteiger partial charge in [0.15, 0.2) is 0 Å². The van der Waals surface area contributed by atoms with Crippen molar-refractivity contribution in [2.24, 2.45) is 0 Å². The number of aromatic nitrogens is 2. The fourth-order valence-electron chi connectivity index (χ4n) is 3.16. The van der Waals surface area contributed by atoms with E-state index in [9.17, 15) is 8.78 Å². The van der Waals surface area contributed by atoms with Crippen LogP contribution in [0.15, 0.2) is 29.0 Å². The molecule has 0 bridgehead atoms. The summed E-state index contributed by atoms with van der Waals surface area (Å²) in [6, 6.07) is 3.02. The van der Waals surface area contributed by atoms with Crippen LogP contribution >= 0.6 is 0 Å². The van der Waals surface area contributed by atoms with Crippen molar-refractivity contribution in [2.75, 3.05) is 0 Å². The molecular formula is C15H16F2N2O. The van der Waals surface area contributed by atoms with Gasteiger partial charge in [-0.3, -0.25) is 4.98 Å². The van der Waals surface area contributed by atoms with Gasteiger partial charge in [0, 0.05) is 28.7 Å². The summed E-state index contributed by atoms with van der Waals surface area (Å²) in [5, 5.41) is 3.84. The average Bonchev–Trinajstić information content (AvgIpc) is 2.87. The van der Waals surface area contributed by atoms with E-state index < -0.39 is 6.43 Å². The van der Waals surface area contributed by atoms with Crippen molar-refractivity contribution in [2.45, 2.75) is 44.4 Å². The van der Waals surface area contributed by atoms with Gasteiger partial charge in [0.2, 0.25) is 0 Å². The molecule has 1 unspecified atom stereocenters. The van der Waals surface area contributed by atoms with Gasteiger partial charge in [0.1, 0.15) is 5.76 Å². The molecule has 5 heteroatoms.